The summed E-state index contributed by atoms with van der Waals surface area (Å²) in [4.78, 5) is 21.5. The molecular weight excluding hydrogens is 378 g/mol. The summed E-state index contributed by atoms with van der Waals surface area (Å²) in [6.07, 6.45) is 0.808. The number of para-hydroxylation sites is 2. The predicted molar refractivity (Wildman–Crippen MR) is 118 cm³/mol. The van der Waals surface area contributed by atoms with Crippen molar-refractivity contribution in [1.82, 2.24) is 24.7 Å². The fraction of sp³-hybridized carbons (Fsp3) is 0.391. The van der Waals surface area contributed by atoms with Crippen LogP contribution < -0.4 is 10.1 Å². The van der Waals surface area contributed by atoms with E-state index in [4.69, 9.17) is 9.72 Å². The molecule has 0 bridgehead atoms. The Bertz CT molecular complexity index is 991. The maximum absolute atomic E-state index is 12.5. The Morgan fingerprint density at radius 2 is 1.80 bits per heavy atom. The molecule has 1 aromatic heterocycles. The Morgan fingerprint density at radius 3 is 2.50 bits per heavy atom. The third-order valence-corrected chi connectivity index (χ3v) is 5.75. The lowest BCUT2D eigenvalue weighted by Gasteiger charge is -2.34. The molecular formula is C23H29N5O2. The van der Waals surface area contributed by atoms with Gasteiger partial charge >= 0.3 is 6.03 Å². The van der Waals surface area contributed by atoms with Gasteiger partial charge in [0, 0.05) is 39.8 Å². The molecule has 4 rings (SSSR count). The van der Waals surface area contributed by atoms with E-state index in [9.17, 15) is 4.79 Å². The van der Waals surface area contributed by atoms with Crippen molar-refractivity contribution in [2.45, 2.75) is 13.0 Å². The molecule has 0 saturated carbocycles. The number of hydrogen-bond donors (Lipinski definition) is 1. The topological polar surface area (TPSA) is 62.6 Å². The van der Waals surface area contributed by atoms with Gasteiger partial charge in [-0.25, -0.2) is 9.78 Å². The lowest BCUT2D eigenvalue weighted by Crippen LogP contribution is -2.51. The van der Waals surface area contributed by atoms with Crippen LogP contribution in [0.15, 0.2) is 48.5 Å². The molecule has 1 aliphatic rings. The standard InChI is InChI=1S/C23H29N5O2/c1-26-21-6-4-3-5-20(21)25-22(26)17-27-13-15-28(16-14-27)23(29)24-12-11-18-7-9-19(30-2)10-8-18/h3-10H,11-17H2,1-2H3,(H,24,29). The number of ether oxygens (including phenoxy) is 1. The number of nitrogens with zero attached hydrogens (tertiary/aromatic N) is 4. The highest BCUT2D eigenvalue weighted by Crippen LogP contribution is 2.16. The normalized spacial score (nSPS) is 14.8. The van der Waals surface area contributed by atoms with Crippen molar-refractivity contribution in [2.24, 2.45) is 7.05 Å². The molecule has 0 atom stereocenters. The zero-order chi connectivity index (χ0) is 20.9. The predicted octanol–water partition coefficient (Wildman–Crippen LogP) is 2.65. The lowest BCUT2D eigenvalue weighted by atomic mass is 10.1. The quantitative estimate of drug-likeness (QED) is 0.682. The number of amides is 2. The van der Waals surface area contributed by atoms with Crippen molar-refractivity contribution in [2.75, 3.05) is 39.8 Å². The summed E-state index contributed by atoms with van der Waals surface area (Å²) >= 11 is 0. The van der Waals surface area contributed by atoms with Crippen molar-refractivity contribution in [1.29, 1.82) is 0 Å². The first-order chi connectivity index (χ1) is 14.6. The van der Waals surface area contributed by atoms with E-state index in [-0.39, 0.29) is 6.03 Å². The number of benzene rings is 2. The highest BCUT2D eigenvalue weighted by molar-refractivity contribution is 5.75. The Balaban J connectivity index is 1.22. The Kier molecular flexibility index (Phi) is 6.18. The van der Waals surface area contributed by atoms with Gasteiger partial charge in [0.15, 0.2) is 0 Å². The Morgan fingerprint density at radius 1 is 1.07 bits per heavy atom. The molecule has 2 heterocycles. The summed E-state index contributed by atoms with van der Waals surface area (Å²) in [6, 6.07) is 16.2. The second-order valence-electron chi connectivity index (χ2n) is 7.67. The van der Waals surface area contributed by atoms with E-state index >= 15 is 0 Å². The van der Waals surface area contributed by atoms with Gasteiger partial charge in [0.05, 0.1) is 24.7 Å². The summed E-state index contributed by atoms with van der Waals surface area (Å²) in [5, 5.41) is 3.04. The zero-order valence-corrected chi connectivity index (χ0v) is 17.7. The fourth-order valence-corrected chi connectivity index (χ4v) is 3.86. The molecule has 2 aromatic carbocycles. The fourth-order valence-electron chi connectivity index (χ4n) is 3.86. The van der Waals surface area contributed by atoms with Crippen molar-refractivity contribution in [3.05, 3.63) is 59.9 Å². The molecule has 0 aliphatic carbocycles. The number of carbonyl (C=O) groups is 1. The van der Waals surface area contributed by atoms with Crippen LogP contribution in [-0.4, -0.2) is 65.2 Å². The second kappa shape index (κ2) is 9.17. The van der Waals surface area contributed by atoms with E-state index < -0.39 is 0 Å². The van der Waals surface area contributed by atoms with Crippen LogP contribution in [0.1, 0.15) is 11.4 Å². The molecule has 7 heteroatoms. The van der Waals surface area contributed by atoms with E-state index in [1.807, 2.05) is 47.4 Å². The van der Waals surface area contributed by atoms with E-state index in [2.05, 4.69) is 27.9 Å². The average molecular weight is 408 g/mol. The molecule has 1 saturated heterocycles. The van der Waals surface area contributed by atoms with Crippen molar-refractivity contribution in [3.63, 3.8) is 0 Å². The highest BCUT2D eigenvalue weighted by atomic mass is 16.5. The minimum atomic E-state index is 0.0193. The van der Waals surface area contributed by atoms with Gasteiger partial charge in [0.1, 0.15) is 11.6 Å². The number of urea groups is 1. The SMILES string of the molecule is COc1ccc(CCNC(=O)N2CCN(Cc3nc4ccccc4n3C)CC2)cc1. The van der Waals surface area contributed by atoms with E-state index in [0.717, 1.165) is 61.8 Å². The maximum Gasteiger partial charge on any atom is 0.317 e. The van der Waals surface area contributed by atoms with Crippen LogP contribution >= 0.6 is 0 Å². The summed E-state index contributed by atoms with van der Waals surface area (Å²) in [5.74, 6) is 1.91. The van der Waals surface area contributed by atoms with E-state index in [1.54, 1.807) is 7.11 Å². The molecule has 1 aliphatic heterocycles. The molecule has 0 unspecified atom stereocenters. The molecule has 2 amide bonds. The number of hydrogen-bond acceptors (Lipinski definition) is 4. The summed E-state index contributed by atoms with van der Waals surface area (Å²) in [5.41, 5.74) is 3.37. The number of rotatable bonds is 6. The number of carbonyl (C=O) groups excluding carboxylic acids is 1. The van der Waals surface area contributed by atoms with Crippen LogP contribution in [0.3, 0.4) is 0 Å². The Labute approximate surface area is 177 Å². The van der Waals surface area contributed by atoms with Crippen LogP contribution in [0.25, 0.3) is 11.0 Å². The van der Waals surface area contributed by atoms with Crippen molar-refractivity contribution >= 4 is 17.1 Å². The minimum Gasteiger partial charge on any atom is -0.497 e. The average Bonchev–Trinajstić information content (AvgIpc) is 3.10. The molecule has 7 nitrogen and oxygen atoms in total. The zero-order valence-electron chi connectivity index (χ0n) is 17.7. The van der Waals surface area contributed by atoms with E-state index in [1.165, 1.54) is 5.56 Å². The summed E-state index contributed by atoms with van der Waals surface area (Å²) < 4.78 is 7.33. The van der Waals surface area contributed by atoms with Crippen LogP contribution in [0, 0.1) is 0 Å². The van der Waals surface area contributed by atoms with Gasteiger partial charge in [-0.05, 0) is 36.2 Å². The number of methoxy groups -OCH3 is 1. The molecule has 0 spiro atoms. The maximum atomic E-state index is 12.5. The smallest absolute Gasteiger partial charge is 0.317 e. The van der Waals surface area contributed by atoms with Gasteiger partial charge < -0.3 is 19.5 Å². The number of piperazine rings is 1. The number of nitrogens with one attached hydrogen (secondary N) is 1. The number of aromatic nitrogens is 2. The first kappa shape index (κ1) is 20.2. The number of aryl methyl sites for hydroxylation is 1. The van der Waals surface area contributed by atoms with Gasteiger partial charge in [-0.1, -0.05) is 24.3 Å². The molecule has 0 radical (unpaired) electrons. The molecule has 3 aromatic rings. The number of fused-ring (bicyclic) bond motifs is 1. The number of imidazole rings is 1. The van der Waals surface area contributed by atoms with Crippen LogP contribution in [0.2, 0.25) is 0 Å². The van der Waals surface area contributed by atoms with Gasteiger partial charge in [-0.2, -0.15) is 0 Å². The lowest BCUT2D eigenvalue weighted by molar-refractivity contribution is 0.133. The summed E-state index contributed by atoms with van der Waals surface area (Å²) in [6.45, 7) is 4.62. The first-order valence-electron chi connectivity index (χ1n) is 10.4. The third-order valence-electron chi connectivity index (χ3n) is 5.75. The van der Waals surface area contributed by atoms with Gasteiger partial charge in [-0.15, -0.1) is 0 Å². The molecule has 158 valence electrons. The van der Waals surface area contributed by atoms with Crippen LogP contribution in [0.4, 0.5) is 4.79 Å². The van der Waals surface area contributed by atoms with Crippen molar-refractivity contribution < 1.29 is 9.53 Å². The second-order valence-corrected chi connectivity index (χ2v) is 7.67. The highest BCUT2D eigenvalue weighted by Gasteiger charge is 2.22. The monoisotopic (exact) mass is 407 g/mol. The van der Waals surface area contributed by atoms with Gasteiger partial charge in [0.25, 0.3) is 0 Å². The molecule has 1 fully saturated rings. The van der Waals surface area contributed by atoms with E-state index in [0.29, 0.717) is 6.54 Å². The first-order valence-corrected chi connectivity index (χ1v) is 10.4. The largest absolute Gasteiger partial charge is 0.497 e. The molecule has 1 N–H and O–H groups in total. The summed E-state index contributed by atoms with van der Waals surface area (Å²) in [7, 11) is 3.73. The molecule has 30 heavy (non-hydrogen) atoms. The van der Waals surface area contributed by atoms with Crippen molar-refractivity contribution in [3.8, 4) is 5.75 Å². The van der Waals surface area contributed by atoms with Crippen LogP contribution in [-0.2, 0) is 20.0 Å². The third kappa shape index (κ3) is 4.57. The van der Waals surface area contributed by atoms with Gasteiger partial charge in [0.2, 0.25) is 0 Å². The van der Waals surface area contributed by atoms with Crippen LogP contribution in [0.5, 0.6) is 5.75 Å². The van der Waals surface area contributed by atoms with Gasteiger partial charge in [-0.3, -0.25) is 4.90 Å². The minimum absolute atomic E-state index is 0.0193. The Hall–Kier alpha value is -3.06.